The molecule has 0 radical (unpaired) electrons. The first-order valence-corrected chi connectivity index (χ1v) is 6.24. The van der Waals surface area contributed by atoms with Crippen LogP contribution in [-0.4, -0.2) is 17.3 Å². The predicted octanol–water partition coefficient (Wildman–Crippen LogP) is 2.59. The van der Waals surface area contributed by atoms with E-state index in [0.29, 0.717) is 11.0 Å². The predicted molar refractivity (Wildman–Crippen MR) is 64.6 cm³/mol. The summed E-state index contributed by atoms with van der Waals surface area (Å²) in [5.41, 5.74) is 0.925. The summed E-state index contributed by atoms with van der Waals surface area (Å²) >= 11 is 3.16. The Bertz CT molecular complexity index is 374. The van der Waals surface area contributed by atoms with Gasteiger partial charge >= 0.3 is 0 Å². The van der Waals surface area contributed by atoms with Crippen LogP contribution >= 0.6 is 15.9 Å². The lowest BCUT2D eigenvalue weighted by Gasteiger charge is -2.41. The number of hydrogen-bond donors (Lipinski definition) is 2. The van der Waals surface area contributed by atoms with Crippen LogP contribution in [0.15, 0.2) is 22.7 Å². The Morgan fingerprint density at radius 2 is 2.19 bits per heavy atom. The highest BCUT2D eigenvalue weighted by atomic mass is 79.9. The number of halogens is 2. The van der Waals surface area contributed by atoms with Gasteiger partial charge in [-0.2, -0.15) is 0 Å². The van der Waals surface area contributed by atoms with Gasteiger partial charge in [-0.25, -0.2) is 4.39 Å². The Morgan fingerprint density at radius 3 is 2.69 bits per heavy atom. The summed E-state index contributed by atoms with van der Waals surface area (Å²) in [6, 6.07) is 4.98. The van der Waals surface area contributed by atoms with Crippen molar-refractivity contribution < 1.29 is 9.50 Å². The average molecular weight is 288 g/mol. The van der Waals surface area contributed by atoms with E-state index >= 15 is 0 Å². The number of rotatable bonds is 4. The van der Waals surface area contributed by atoms with Crippen molar-refractivity contribution in [2.45, 2.75) is 31.3 Å². The molecule has 1 fully saturated rings. The van der Waals surface area contributed by atoms with E-state index in [9.17, 15) is 9.50 Å². The minimum atomic E-state index is -0.246. The number of aliphatic hydroxyl groups is 1. The van der Waals surface area contributed by atoms with Gasteiger partial charge in [0.1, 0.15) is 5.82 Å². The summed E-state index contributed by atoms with van der Waals surface area (Å²) in [4.78, 5) is 0. The zero-order valence-electron chi connectivity index (χ0n) is 8.97. The Hall–Kier alpha value is -0.450. The number of nitrogens with one attached hydrogen (secondary N) is 1. The molecule has 0 saturated heterocycles. The maximum absolute atomic E-state index is 13.0. The number of hydrogen-bond acceptors (Lipinski definition) is 2. The Kier molecular flexibility index (Phi) is 3.62. The molecule has 88 valence electrons. The molecule has 2 rings (SSSR count). The van der Waals surface area contributed by atoms with Crippen LogP contribution in [0, 0.1) is 5.82 Å². The standard InChI is InChI=1S/C12H15BrFNO/c13-10-6-9(2-3-11(10)14)7-15-12(8-16)4-1-5-12/h2-3,6,15-16H,1,4-5,7-8H2. The zero-order chi connectivity index (χ0) is 11.6. The molecule has 1 aromatic rings. The molecule has 0 amide bonds. The van der Waals surface area contributed by atoms with Crippen molar-refractivity contribution in [3.63, 3.8) is 0 Å². The van der Waals surface area contributed by atoms with Gasteiger partial charge in [0.15, 0.2) is 0 Å². The van der Waals surface area contributed by atoms with Crippen molar-refractivity contribution in [3.05, 3.63) is 34.1 Å². The minimum Gasteiger partial charge on any atom is -0.394 e. The Morgan fingerprint density at radius 1 is 1.44 bits per heavy atom. The van der Waals surface area contributed by atoms with Crippen molar-refractivity contribution in [1.82, 2.24) is 5.32 Å². The molecule has 1 aromatic carbocycles. The first-order chi connectivity index (χ1) is 7.65. The second kappa shape index (κ2) is 4.82. The average Bonchev–Trinajstić information content (AvgIpc) is 2.22. The summed E-state index contributed by atoms with van der Waals surface area (Å²) in [5.74, 6) is -0.246. The van der Waals surface area contributed by atoms with Gasteiger partial charge in [0, 0.05) is 12.1 Å². The molecular weight excluding hydrogens is 273 g/mol. The van der Waals surface area contributed by atoms with Crippen LogP contribution in [-0.2, 0) is 6.54 Å². The summed E-state index contributed by atoms with van der Waals surface area (Å²) in [7, 11) is 0. The fourth-order valence-corrected chi connectivity index (χ4v) is 2.36. The van der Waals surface area contributed by atoms with Crippen molar-refractivity contribution in [1.29, 1.82) is 0 Å². The van der Waals surface area contributed by atoms with Gasteiger partial charge in [0.2, 0.25) is 0 Å². The molecule has 16 heavy (non-hydrogen) atoms. The molecular formula is C12H15BrFNO. The summed E-state index contributed by atoms with van der Waals surface area (Å²) in [6.07, 6.45) is 3.21. The monoisotopic (exact) mass is 287 g/mol. The van der Waals surface area contributed by atoms with Gasteiger partial charge in [0.25, 0.3) is 0 Å². The molecule has 0 aromatic heterocycles. The van der Waals surface area contributed by atoms with Crippen LogP contribution in [0.1, 0.15) is 24.8 Å². The van der Waals surface area contributed by atoms with Gasteiger partial charge in [-0.1, -0.05) is 6.07 Å². The van der Waals surface area contributed by atoms with E-state index < -0.39 is 0 Å². The molecule has 4 heteroatoms. The summed E-state index contributed by atoms with van der Waals surface area (Å²) in [5, 5.41) is 12.6. The third kappa shape index (κ3) is 2.44. The lowest BCUT2D eigenvalue weighted by atomic mass is 9.77. The van der Waals surface area contributed by atoms with Crippen LogP contribution in [0.5, 0.6) is 0 Å². The normalized spacial score (nSPS) is 18.2. The first-order valence-electron chi connectivity index (χ1n) is 5.45. The third-order valence-corrected chi connectivity index (χ3v) is 3.87. The van der Waals surface area contributed by atoms with E-state index in [2.05, 4.69) is 21.2 Å². The molecule has 1 aliphatic rings. The van der Waals surface area contributed by atoms with Gasteiger partial charge in [-0.15, -0.1) is 0 Å². The first kappa shape index (κ1) is 12.0. The van der Waals surface area contributed by atoms with Gasteiger partial charge < -0.3 is 10.4 Å². The molecule has 2 nitrogen and oxygen atoms in total. The number of aliphatic hydroxyl groups excluding tert-OH is 1. The smallest absolute Gasteiger partial charge is 0.137 e. The molecule has 1 aliphatic carbocycles. The minimum absolute atomic E-state index is 0.0964. The van der Waals surface area contributed by atoms with Crippen LogP contribution < -0.4 is 5.32 Å². The van der Waals surface area contributed by atoms with E-state index in [0.717, 1.165) is 18.4 Å². The van der Waals surface area contributed by atoms with E-state index in [4.69, 9.17) is 0 Å². The largest absolute Gasteiger partial charge is 0.394 e. The maximum atomic E-state index is 13.0. The van der Waals surface area contributed by atoms with Crippen LogP contribution in [0.3, 0.4) is 0 Å². The molecule has 1 saturated carbocycles. The third-order valence-electron chi connectivity index (χ3n) is 3.26. The molecule has 0 aliphatic heterocycles. The number of benzene rings is 1. The SMILES string of the molecule is OCC1(NCc2ccc(F)c(Br)c2)CCC1. The molecule has 2 N–H and O–H groups in total. The maximum Gasteiger partial charge on any atom is 0.137 e. The molecule has 0 bridgehead atoms. The summed E-state index contributed by atoms with van der Waals surface area (Å²) in [6.45, 7) is 0.842. The van der Waals surface area contributed by atoms with Crippen molar-refractivity contribution >= 4 is 15.9 Å². The summed E-state index contributed by atoms with van der Waals surface area (Å²) < 4.78 is 13.5. The van der Waals surface area contributed by atoms with Crippen LogP contribution in [0.25, 0.3) is 0 Å². The molecule has 0 unspecified atom stereocenters. The van der Waals surface area contributed by atoms with Gasteiger partial charge in [-0.05, 0) is 52.9 Å². The Labute approximate surface area is 103 Å². The van der Waals surface area contributed by atoms with Crippen LogP contribution in [0.4, 0.5) is 4.39 Å². The topological polar surface area (TPSA) is 32.3 Å². The zero-order valence-corrected chi connectivity index (χ0v) is 10.6. The van der Waals surface area contributed by atoms with Gasteiger partial charge in [-0.3, -0.25) is 0 Å². The quantitative estimate of drug-likeness (QED) is 0.892. The van der Waals surface area contributed by atoms with Gasteiger partial charge in [0.05, 0.1) is 11.1 Å². The van der Waals surface area contributed by atoms with E-state index in [1.54, 1.807) is 12.1 Å². The highest BCUT2D eigenvalue weighted by molar-refractivity contribution is 9.10. The second-order valence-corrected chi connectivity index (χ2v) is 5.25. The molecule has 0 heterocycles. The lowest BCUT2D eigenvalue weighted by molar-refractivity contribution is 0.0872. The molecule has 0 spiro atoms. The van der Waals surface area contributed by atoms with Crippen LogP contribution in [0.2, 0.25) is 0 Å². The highest BCUT2D eigenvalue weighted by Crippen LogP contribution is 2.31. The van der Waals surface area contributed by atoms with E-state index in [1.165, 1.54) is 12.5 Å². The second-order valence-electron chi connectivity index (χ2n) is 4.39. The highest BCUT2D eigenvalue weighted by Gasteiger charge is 2.35. The lowest BCUT2D eigenvalue weighted by Crippen LogP contribution is -2.53. The Balaban J connectivity index is 1.96. The van der Waals surface area contributed by atoms with Crippen molar-refractivity contribution in [2.75, 3.05) is 6.61 Å². The molecule has 0 atom stereocenters. The fraction of sp³-hybridized carbons (Fsp3) is 0.500. The fourth-order valence-electron chi connectivity index (χ4n) is 1.93. The van der Waals surface area contributed by atoms with Crippen molar-refractivity contribution in [2.24, 2.45) is 0 Å². The van der Waals surface area contributed by atoms with Crippen molar-refractivity contribution in [3.8, 4) is 0 Å². The van der Waals surface area contributed by atoms with E-state index in [1.807, 2.05) is 0 Å². The van der Waals surface area contributed by atoms with E-state index in [-0.39, 0.29) is 18.0 Å².